The van der Waals surface area contributed by atoms with Gasteiger partial charge < -0.3 is 23.7 Å². The van der Waals surface area contributed by atoms with Crippen molar-refractivity contribution in [3.05, 3.63) is 48.5 Å². The van der Waals surface area contributed by atoms with Crippen molar-refractivity contribution in [3.8, 4) is 23.0 Å². The van der Waals surface area contributed by atoms with Crippen molar-refractivity contribution >= 4 is 0 Å². The third kappa shape index (κ3) is 4.29. The van der Waals surface area contributed by atoms with E-state index in [1.807, 2.05) is 48.5 Å². The fraction of sp³-hybridized carbons (Fsp3) is 0.250. The van der Waals surface area contributed by atoms with Crippen LogP contribution in [0, 0.1) is 0 Å². The van der Waals surface area contributed by atoms with E-state index in [4.69, 9.17) is 23.7 Å². The lowest BCUT2D eigenvalue weighted by Crippen LogP contribution is -2.09. The first-order valence-electron chi connectivity index (χ1n) is 6.44. The van der Waals surface area contributed by atoms with Crippen molar-refractivity contribution in [2.45, 2.75) is 0 Å². The molecule has 2 aromatic rings. The highest BCUT2D eigenvalue weighted by molar-refractivity contribution is 5.39. The molecule has 0 radical (unpaired) electrons. The highest BCUT2D eigenvalue weighted by Crippen LogP contribution is 2.26. The lowest BCUT2D eigenvalue weighted by molar-refractivity contribution is -0.0549. The lowest BCUT2D eigenvalue weighted by atomic mass is 10.3. The molecule has 5 heteroatoms. The van der Waals surface area contributed by atoms with Gasteiger partial charge in [-0.05, 0) is 24.3 Å². The normalized spacial score (nSPS) is 10.0. The standard InChI is InChI=1S/C16H18O5/c1-17-13-7-3-5-9-15(13)20-11-19-12-21-16-10-6-4-8-14(16)18-2/h3-10H,11-12H2,1-2H3. The molecule has 0 saturated heterocycles. The van der Waals surface area contributed by atoms with Crippen LogP contribution in [0.5, 0.6) is 23.0 Å². The quantitative estimate of drug-likeness (QED) is 0.552. The first-order valence-corrected chi connectivity index (χ1v) is 6.44. The Hall–Kier alpha value is -2.40. The molecule has 0 saturated carbocycles. The summed E-state index contributed by atoms with van der Waals surface area (Å²) in [5.41, 5.74) is 0. The molecule has 2 aromatic carbocycles. The van der Waals surface area contributed by atoms with E-state index in [1.165, 1.54) is 0 Å². The molecule has 0 aliphatic carbocycles. The zero-order valence-corrected chi connectivity index (χ0v) is 12.1. The summed E-state index contributed by atoms with van der Waals surface area (Å²) in [6, 6.07) is 14.7. The Balaban J connectivity index is 1.75. The van der Waals surface area contributed by atoms with Crippen LogP contribution in [0.1, 0.15) is 0 Å². The largest absolute Gasteiger partial charge is 0.493 e. The third-order valence-corrected chi connectivity index (χ3v) is 2.73. The van der Waals surface area contributed by atoms with E-state index >= 15 is 0 Å². The summed E-state index contributed by atoms with van der Waals surface area (Å²) in [6.45, 7) is 0.130. The fourth-order valence-electron chi connectivity index (χ4n) is 1.72. The van der Waals surface area contributed by atoms with Crippen molar-refractivity contribution in [2.24, 2.45) is 0 Å². The van der Waals surface area contributed by atoms with E-state index < -0.39 is 0 Å². The number of rotatable bonds is 8. The van der Waals surface area contributed by atoms with Crippen molar-refractivity contribution in [2.75, 3.05) is 27.8 Å². The second-order valence-electron chi connectivity index (χ2n) is 4.03. The van der Waals surface area contributed by atoms with Crippen molar-refractivity contribution in [3.63, 3.8) is 0 Å². The minimum Gasteiger partial charge on any atom is -0.493 e. The highest BCUT2D eigenvalue weighted by atomic mass is 16.7. The monoisotopic (exact) mass is 290 g/mol. The van der Waals surface area contributed by atoms with Crippen LogP contribution in [0.3, 0.4) is 0 Å². The minimum absolute atomic E-state index is 0.0650. The van der Waals surface area contributed by atoms with Crippen LogP contribution in [-0.2, 0) is 4.74 Å². The Labute approximate surface area is 124 Å². The smallest absolute Gasteiger partial charge is 0.192 e. The van der Waals surface area contributed by atoms with Crippen LogP contribution < -0.4 is 18.9 Å². The maximum Gasteiger partial charge on any atom is 0.192 e. The number of hydrogen-bond acceptors (Lipinski definition) is 5. The van der Waals surface area contributed by atoms with Crippen LogP contribution in [0.4, 0.5) is 0 Å². The Morgan fingerprint density at radius 1 is 0.619 bits per heavy atom. The molecule has 0 atom stereocenters. The molecular weight excluding hydrogens is 272 g/mol. The maximum atomic E-state index is 5.46. The summed E-state index contributed by atoms with van der Waals surface area (Å²) in [5.74, 6) is 2.56. The van der Waals surface area contributed by atoms with E-state index in [0.717, 1.165) is 0 Å². The molecule has 0 N–H and O–H groups in total. The Kier molecular flexibility index (Phi) is 5.72. The van der Waals surface area contributed by atoms with Gasteiger partial charge >= 0.3 is 0 Å². The average Bonchev–Trinajstić information content (AvgIpc) is 2.55. The van der Waals surface area contributed by atoms with Gasteiger partial charge in [0, 0.05) is 0 Å². The van der Waals surface area contributed by atoms with Crippen LogP contribution in [0.25, 0.3) is 0 Å². The first kappa shape index (κ1) is 15.0. The molecule has 0 aliphatic heterocycles. The molecule has 0 fully saturated rings. The second kappa shape index (κ2) is 8.01. The van der Waals surface area contributed by atoms with E-state index in [9.17, 15) is 0 Å². The number of para-hydroxylation sites is 4. The van der Waals surface area contributed by atoms with Gasteiger partial charge in [-0.3, -0.25) is 0 Å². The highest BCUT2D eigenvalue weighted by Gasteiger charge is 2.04. The summed E-state index contributed by atoms with van der Waals surface area (Å²) in [7, 11) is 3.18. The topological polar surface area (TPSA) is 46.2 Å². The lowest BCUT2D eigenvalue weighted by Gasteiger charge is -2.12. The molecule has 0 amide bonds. The van der Waals surface area contributed by atoms with Crippen LogP contribution in [-0.4, -0.2) is 27.8 Å². The Bertz CT molecular complexity index is 506. The van der Waals surface area contributed by atoms with Gasteiger partial charge in [-0.2, -0.15) is 0 Å². The van der Waals surface area contributed by atoms with Crippen molar-refractivity contribution in [1.82, 2.24) is 0 Å². The number of methoxy groups -OCH3 is 2. The summed E-state index contributed by atoms with van der Waals surface area (Å²) < 4.78 is 26.6. The van der Waals surface area contributed by atoms with Crippen LogP contribution >= 0.6 is 0 Å². The van der Waals surface area contributed by atoms with Gasteiger partial charge in [-0.25, -0.2) is 0 Å². The maximum absolute atomic E-state index is 5.46. The van der Waals surface area contributed by atoms with Gasteiger partial charge in [-0.15, -0.1) is 0 Å². The van der Waals surface area contributed by atoms with E-state index in [2.05, 4.69) is 0 Å². The first-order chi connectivity index (χ1) is 10.3. The van der Waals surface area contributed by atoms with E-state index in [0.29, 0.717) is 23.0 Å². The molecule has 0 spiro atoms. The summed E-state index contributed by atoms with van der Waals surface area (Å²) in [4.78, 5) is 0. The molecule has 2 rings (SSSR count). The molecule has 0 aliphatic rings. The molecule has 0 bridgehead atoms. The molecule has 0 heterocycles. The molecule has 0 unspecified atom stereocenters. The molecule has 21 heavy (non-hydrogen) atoms. The van der Waals surface area contributed by atoms with Gasteiger partial charge in [-0.1, -0.05) is 24.3 Å². The van der Waals surface area contributed by atoms with E-state index in [1.54, 1.807) is 14.2 Å². The van der Waals surface area contributed by atoms with Gasteiger partial charge in [0.2, 0.25) is 0 Å². The average molecular weight is 290 g/mol. The third-order valence-electron chi connectivity index (χ3n) is 2.73. The number of ether oxygens (including phenoxy) is 5. The van der Waals surface area contributed by atoms with Gasteiger partial charge in [0.05, 0.1) is 14.2 Å². The summed E-state index contributed by atoms with van der Waals surface area (Å²) in [6.07, 6.45) is 0. The minimum atomic E-state index is 0.0650. The number of hydrogen-bond donors (Lipinski definition) is 0. The molecular formula is C16H18O5. The predicted octanol–water partition coefficient (Wildman–Crippen LogP) is 3.09. The van der Waals surface area contributed by atoms with Crippen LogP contribution in [0.2, 0.25) is 0 Å². The molecule has 0 aromatic heterocycles. The second-order valence-corrected chi connectivity index (χ2v) is 4.03. The number of benzene rings is 2. The summed E-state index contributed by atoms with van der Waals surface area (Å²) >= 11 is 0. The Morgan fingerprint density at radius 2 is 1.00 bits per heavy atom. The van der Waals surface area contributed by atoms with Crippen molar-refractivity contribution < 1.29 is 23.7 Å². The summed E-state index contributed by atoms with van der Waals surface area (Å²) in [5, 5.41) is 0. The SMILES string of the molecule is COc1ccccc1OCOCOc1ccccc1OC. The van der Waals surface area contributed by atoms with Gasteiger partial charge in [0.15, 0.2) is 36.6 Å². The van der Waals surface area contributed by atoms with Crippen molar-refractivity contribution in [1.29, 1.82) is 0 Å². The van der Waals surface area contributed by atoms with E-state index in [-0.39, 0.29) is 13.6 Å². The van der Waals surface area contributed by atoms with Crippen LogP contribution in [0.15, 0.2) is 48.5 Å². The fourth-order valence-corrected chi connectivity index (χ4v) is 1.72. The zero-order chi connectivity index (χ0) is 14.9. The molecule has 5 nitrogen and oxygen atoms in total. The molecule has 112 valence electrons. The van der Waals surface area contributed by atoms with Gasteiger partial charge in [0.1, 0.15) is 0 Å². The van der Waals surface area contributed by atoms with Gasteiger partial charge in [0.25, 0.3) is 0 Å². The predicted molar refractivity (Wildman–Crippen MR) is 78.1 cm³/mol. The zero-order valence-electron chi connectivity index (χ0n) is 12.1. The Morgan fingerprint density at radius 3 is 1.38 bits per heavy atom.